The minimum Gasteiger partial charge on any atom is -0.478 e. The summed E-state index contributed by atoms with van der Waals surface area (Å²) in [6, 6.07) is 4.47. The SMILES string of the molecule is COCCCNC(=O)CN1CCN(c2ccc(NS(C)(=O)=O)cc2C(=O)O)CC1. The number of hydrogen-bond acceptors (Lipinski definition) is 7. The van der Waals surface area contributed by atoms with Crippen LogP contribution in [0.25, 0.3) is 0 Å². The van der Waals surface area contributed by atoms with Gasteiger partial charge in [0, 0.05) is 52.1 Å². The van der Waals surface area contributed by atoms with E-state index in [2.05, 4.69) is 10.0 Å². The molecule has 1 aliphatic rings. The molecular weight excluding hydrogens is 400 g/mol. The maximum atomic E-state index is 12.0. The van der Waals surface area contributed by atoms with Crippen molar-refractivity contribution in [2.45, 2.75) is 6.42 Å². The van der Waals surface area contributed by atoms with Crippen LogP contribution in [-0.4, -0.2) is 89.5 Å². The summed E-state index contributed by atoms with van der Waals surface area (Å²) in [6.07, 6.45) is 1.77. The van der Waals surface area contributed by atoms with E-state index in [-0.39, 0.29) is 17.2 Å². The third-order valence-corrected chi connectivity index (χ3v) is 5.06. The second kappa shape index (κ2) is 10.4. The van der Waals surface area contributed by atoms with Crippen LogP contribution in [0.4, 0.5) is 11.4 Å². The fourth-order valence-electron chi connectivity index (χ4n) is 3.11. The van der Waals surface area contributed by atoms with Crippen LogP contribution >= 0.6 is 0 Å². The molecule has 0 radical (unpaired) electrons. The summed E-state index contributed by atoms with van der Waals surface area (Å²) >= 11 is 0. The van der Waals surface area contributed by atoms with Gasteiger partial charge in [-0.2, -0.15) is 0 Å². The number of carboxylic acids is 1. The van der Waals surface area contributed by atoms with Crippen LogP contribution in [-0.2, 0) is 19.6 Å². The molecule has 10 nitrogen and oxygen atoms in total. The summed E-state index contributed by atoms with van der Waals surface area (Å²) in [6.45, 7) is 3.84. The number of aromatic carboxylic acids is 1. The van der Waals surface area contributed by atoms with Crippen molar-refractivity contribution in [1.29, 1.82) is 0 Å². The van der Waals surface area contributed by atoms with E-state index >= 15 is 0 Å². The number of sulfonamides is 1. The minimum absolute atomic E-state index is 0.0305. The number of carbonyl (C=O) groups excluding carboxylic acids is 1. The number of hydrogen-bond donors (Lipinski definition) is 3. The number of nitrogens with one attached hydrogen (secondary N) is 2. The first-order valence-corrected chi connectivity index (χ1v) is 11.2. The van der Waals surface area contributed by atoms with Gasteiger partial charge in [-0.05, 0) is 24.6 Å². The molecule has 1 fully saturated rings. The molecule has 0 aliphatic carbocycles. The highest BCUT2D eigenvalue weighted by Gasteiger charge is 2.23. The van der Waals surface area contributed by atoms with Crippen LogP contribution < -0.4 is 14.9 Å². The second-order valence-corrected chi connectivity index (χ2v) is 8.62. The van der Waals surface area contributed by atoms with Gasteiger partial charge < -0.3 is 20.1 Å². The standard InChI is InChI=1S/C18H28N4O6S/c1-28-11-3-6-19-17(23)13-21-7-9-22(10-8-21)16-5-4-14(20-29(2,26)27)12-15(16)18(24)25/h4-5,12,20H,3,6-11,13H2,1-2H3,(H,19,23)(H,24,25). The van der Waals surface area contributed by atoms with Crippen molar-refractivity contribution in [3.63, 3.8) is 0 Å². The number of methoxy groups -OCH3 is 1. The Bertz CT molecular complexity index is 822. The number of carboxylic acid groups (broad SMARTS) is 1. The lowest BCUT2D eigenvalue weighted by Gasteiger charge is -2.36. The minimum atomic E-state index is -3.49. The molecule has 11 heteroatoms. The molecule has 29 heavy (non-hydrogen) atoms. The van der Waals surface area contributed by atoms with E-state index in [1.807, 2.05) is 9.80 Å². The highest BCUT2D eigenvalue weighted by atomic mass is 32.2. The molecule has 1 heterocycles. The molecule has 0 unspecified atom stereocenters. The Labute approximate surface area is 170 Å². The maximum absolute atomic E-state index is 12.0. The van der Waals surface area contributed by atoms with E-state index in [1.165, 1.54) is 6.07 Å². The van der Waals surface area contributed by atoms with Gasteiger partial charge in [0.2, 0.25) is 15.9 Å². The predicted octanol–water partition coefficient (Wildman–Crippen LogP) is 0.0310. The third kappa shape index (κ3) is 7.52. The fourth-order valence-corrected chi connectivity index (χ4v) is 3.67. The number of nitrogens with zero attached hydrogens (tertiary/aromatic N) is 2. The van der Waals surface area contributed by atoms with E-state index in [1.54, 1.807) is 19.2 Å². The van der Waals surface area contributed by atoms with Gasteiger partial charge in [0.25, 0.3) is 0 Å². The van der Waals surface area contributed by atoms with Gasteiger partial charge in [-0.3, -0.25) is 14.4 Å². The lowest BCUT2D eigenvalue weighted by atomic mass is 10.1. The Morgan fingerprint density at radius 2 is 1.90 bits per heavy atom. The zero-order valence-corrected chi connectivity index (χ0v) is 17.5. The van der Waals surface area contributed by atoms with Crippen molar-refractivity contribution in [1.82, 2.24) is 10.2 Å². The highest BCUT2D eigenvalue weighted by molar-refractivity contribution is 7.92. The molecule has 0 bridgehead atoms. The Kier molecular flexibility index (Phi) is 8.23. The van der Waals surface area contributed by atoms with E-state index in [0.717, 1.165) is 12.7 Å². The normalized spacial score (nSPS) is 15.2. The van der Waals surface area contributed by atoms with Gasteiger partial charge in [-0.1, -0.05) is 0 Å². The molecule has 1 saturated heterocycles. The third-order valence-electron chi connectivity index (χ3n) is 4.46. The molecule has 1 aromatic rings. The van der Waals surface area contributed by atoms with Crippen LogP contribution in [0, 0.1) is 0 Å². The molecule has 0 spiro atoms. The molecule has 2 rings (SSSR count). The van der Waals surface area contributed by atoms with Crippen LogP contribution in [0.15, 0.2) is 18.2 Å². The summed E-state index contributed by atoms with van der Waals surface area (Å²) in [7, 11) is -1.88. The first-order valence-electron chi connectivity index (χ1n) is 9.27. The number of piperazine rings is 1. The smallest absolute Gasteiger partial charge is 0.337 e. The number of benzene rings is 1. The molecule has 162 valence electrons. The first kappa shape index (κ1) is 22.9. The number of anilines is 2. The maximum Gasteiger partial charge on any atom is 0.337 e. The quantitative estimate of drug-likeness (QED) is 0.446. The second-order valence-electron chi connectivity index (χ2n) is 6.87. The summed E-state index contributed by atoms with van der Waals surface area (Å²) in [5.41, 5.74) is 0.764. The van der Waals surface area contributed by atoms with Crippen molar-refractivity contribution < 1.29 is 27.9 Å². The molecule has 1 amide bonds. The Hall–Kier alpha value is -2.37. The topological polar surface area (TPSA) is 128 Å². The van der Waals surface area contributed by atoms with Crippen molar-refractivity contribution >= 4 is 33.3 Å². The van der Waals surface area contributed by atoms with E-state index in [4.69, 9.17) is 4.74 Å². The zero-order valence-electron chi connectivity index (χ0n) is 16.7. The molecule has 0 saturated carbocycles. The Balaban J connectivity index is 1.94. The summed E-state index contributed by atoms with van der Waals surface area (Å²) in [4.78, 5) is 27.6. The molecular formula is C18H28N4O6S. The lowest BCUT2D eigenvalue weighted by Crippen LogP contribution is -2.50. The largest absolute Gasteiger partial charge is 0.478 e. The molecule has 0 atom stereocenters. The molecule has 3 N–H and O–H groups in total. The van der Waals surface area contributed by atoms with Gasteiger partial charge in [0.15, 0.2) is 0 Å². The van der Waals surface area contributed by atoms with Crippen molar-refractivity contribution in [2.75, 3.05) is 68.9 Å². The summed E-state index contributed by atoms with van der Waals surface area (Å²) in [5.74, 6) is -1.17. The predicted molar refractivity (Wildman–Crippen MR) is 110 cm³/mol. The number of amides is 1. The first-order chi connectivity index (χ1) is 13.7. The molecule has 1 aromatic carbocycles. The Morgan fingerprint density at radius 1 is 1.21 bits per heavy atom. The van der Waals surface area contributed by atoms with Gasteiger partial charge >= 0.3 is 5.97 Å². The van der Waals surface area contributed by atoms with Crippen LogP contribution in [0.5, 0.6) is 0 Å². The number of rotatable bonds is 10. The monoisotopic (exact) mass is 428 g/mol. The Morgan fingerprint density at radius 3 is 2.48 bits per heavy atom. The van der Waals surface area contributed by atoms with Gasteiger partial charge in [0.1, 0.15) is 0 Å². The van der Waals surface area contributed by atoms with Crippen molar-refractivity contribution in [3.05, 3.63) is 23.8 Å². The summed E-state index contributed by atoms with van der Waals surface area (Å²) < 4.78 is 30.0. The number of carbonyl (C=O) groups is 2. The van der Waals surface area contributed by atoms with E-state index in [0.29, 0.717) is 51.6 Å². The number of ether oxygens (including phenoxy) is 1. The molecule has 0 aromatic heterocycles. The zero-order chi connectivity index (χ0) is 21.4. The van der Waals surface area contributed by atoms with Gasteiger partial charge in [-0.15, -0.1) is 0 Å². The average Bonchev–Trinajstić information content (AvgIpc) is 2.64. The van der Waals surface area contributed by atoms with E-state index < -0.39 is 16.0 Å². The van der Waals surface area contributed by atoms with Gasteiger partial charge in [-0.25, -0.2) is 13.2 Å². The fraction of sp³-hybridized carbons (Fsp3) is 0.556. The average molecular weight is 429 g/mol. The summed E-state index contributed by atoms with van der Waals surface area (Å²) in [5, 5.41) is 12.4. The van der Waals surface area contributed by atoms with Crippen molar-refractivity contribution in [2.24, 2.45) is 0 Å². The van der Waals surface area contributed by atoms with Crippen LogP contribution in [0.1, 0.15) is 16.8 Å². The highest BCUT2D eigenvalue weighted by Crippen LogP contribution is 2.26. The van der Waals surface area contributed by atoms with E-state index in [9.17, 15) is 23.1 Å². The lowest BCUT2D eigenvalue weighted by molar-refractivity contribution is -0.122. The van der Waals surface area contributed by atoms with Gasteiger partial charge in [0.05, 0.1) is 24.1 Å². The van der Waals surface area contributed by atoms with Crippen LogP contribution in [0.3, 0.4) is 0 Å². The van der Waals surface area contributed by atoms with Crippen LogP contribution in [0.2, 0.25) is 0 Å². The van der Waals surface area contributed by atoms with Crippen molar-refractivity contribution in [3.8, 4) is 0 Å². The molecule has 1 aliphatic heterocycles.